The first-order valence-corrected chi connectivity index (χ1v) is 2.97. The minimum Gasteiger partial charge on any atom is -0.395 e. The first-order valence-electron chi connectivity index (χ1n) is 2.97. The second kappa shape index (κ2) is 2.44. The molecule has 3 N–H and O–H groups in total. The van der Waals surface area contributed by atoms with Gasteiger partial charge in [0.05, 0.1) is 6.61 Å². The fourth-order valence-corrected chi connectivity index (χ4v) is 1.05. The summed E-state index contributed by atoms with van der Waals surface area (Å²) in [7, 11) is 0. The Morgan fingerprint density at radius 2 is 2.50 bits per heavy atom. The molecular weight excluding hydrogens is 104 g/mol. The van der Waals surface area contributed by atoms with Crippen molar-refractivity contribution in [1.29, 1.82) is 0 Å². The Morgan fingerprint density at radius 3 is 2.75 bits per heavy atom. The zero-order valence-corrected chi connectivity index (χ0v) is 4.88. The Bertz CT molecular complexity index is 76.8. The first kappa shape index (κ1) is 6.01. The van der Waals surface area contributed by atoms with Gasteiger partial charge in [-0.2, -0.15) is 0 Å². The highest BCUT2D eigenvalue weighted by molar-refractivity contribution is 4.72. The smallest absolute Gasteiger partial charge is 0.0600 e. The fourth-order valence-electron chi connectivity index (χ4n) is 1.05. The van der Waals surface area contributed by atoms with Crippen LogP contribution in [0.25, 0.3) is 0 Å². The molecule has 0 aromatic rings. The molecule has 1 aliphatic rings. The molecule has 0 aliphatic carbocycles. The molecule has 3 heteroatoms. The van der Waals surface area contributed by atoms with Crippen LogP contribution in [0.3, 0.4) is 0 Å². The molecule has 0 amide bonds. The molecule has 0 bridgehead atoms. The lowest BCUT2D eigenvalue weighted by Gasteiger charge is -2.14. The van der Waals surface area contributed by atoms with Crippen LogP contribution in [-0.4, -0.2) is 29.3 Å². The summed E-state index contributed by atoms with van der Waals surface area (Å²) in [6.45, 7) is 1.14. The van der Waals surface area contributed by atoms with Gasteiger partial charge in [0, 0.05) is 12.6 Å². The molecule has 0 radical (unpaired) electrons. The van der Waals surface area contributed by atoms with E-state index in [0.29, 0.717) is 0 Å². The van der Waals surface area contributed by atoms with Crippen LogP contribution in [0.5, 0.6) is 0 Å². The summed E-state index contributed by atoms with van der Waals surface area (Å²) in [5, 5.41) is 10.3. The molecule has 3 nitrogen and oxygen atoms in total. The van der Waals surface area contributed by atoms with Gasteiger partial charge in [-0.25, -0.2) is 5.01 Å². The van der Waals surface area contributed by atoms with Crippen molar-refractivity contribution in [3.8, 4) is 0 Å². The van der Waals surface area contributed by atoms with Crippen LogP contribution in [0, 0.1) is 0 Å². The highest BCUT2D eigenvalue weighted by atomic mass is 16.3. The molecule has 1 fully saturated rings. The Balaban J connectivity index is 2.30. The van der Waals surface area contributed by atoms with Crippen molar-refractivity contribution in [3.63, 3.8) is 0 Å². The van der Waals surface area contributed by atoms with Crippen LogP contribution in [0.1, 0.15) is 12.8 Å². The minimum atomic E-state index is 0.205. The number of nitrogens with zero attached hydrogens (tertiary/aromatic N) is 1. The van der Waals surface area contributed by atoms with Gasteiger partial charge in [-0.15, -0.1) is 0 Å². The molecule has 1 heterocycles. The standard InChI is InChI=1S/C5H12N2O/c6-7-3-1-2-5(7)4-8/h5,8H,1-4,6H2. The Labute approximate surface area is 49.1 Å². The van der Waals surface area contributed by atoms with Gasteiger partial charge >= 0.3 is 0 Å². The third-order valence-electron chi connectivity index (χ3n) is 1.63. The normalized spacial score (nSPS) is 31.5. The van der Waals surface area contributed by atoms with E-state index < -0.39 is 0 Å². The molecular formula is C5H12N2O. The monoisotopic (exact) mass is 116 g/mol. The molecule has 48 valence electrons. The summed E-state index contributed by atoms with van der Waals surface area (Å²) >= 11 is 0. The number of hydrogen-bond donors (Lipinski definition) is 2. The Morgan fingerprint density at radius 1 is 1.75 bits per heavy atom. The fraction of sp³-hybridized carbons (Fsp3) is 1.00. The van der Waals surface area contributed by atoms with Gasteiger partial charge < -0.3 is 5.11 Å². The molecule has 1 aliphatic heterocycles. The van der Waals surface area contributed by atoms with Gasteiger partial charge in [-0.3, -0.25) is 5.84 Å². The van der Waals surface area contributed by atoms with E-state index in [-0.39, 0.29) is 12.6 Å². The lowest BCUT2D eigenvalue weighted by atomic mass is 10.2. The molecule has 1 rings (SSSR count). The van der Waals surface area contributed by atoms with Gasteiger partial charge in [0.2, 0.25) is 0 Å². The largest absolute Gasteiger partial charge is 0.395 e. The average Bonchev–Trinajstić information content (AvgIpc) is 2.14. The second-order valence-electron chi connectivity index (χ2n) is 2.22. The SMILES string of the molecule is NN1CCCC1CO. The summed E-state index contributed by atoms with van der Waals surface area (Å²) in [5.74, 6) is 5.46. The number of rotatable bonds is 1. The van der Waals surface area contributed by atoms with Gasteiger partial charge in [-0.05, 0) is 12.8 Å². The van der Waals surface area contributed by atoms with Crippen LogP contribution < -0.4 is 5.84 Å². The van der Waals surface area contributed by atoms with Crippen LogP contribution >= 0.6 is 0 Å². The van der Waals surface area contributed by atoms with Gasteiger partial charge in [0.25, 0.3) is 0 Å². The number of nitrogens with two attached hydrogens (primary N) is 1. The molecule has 0 aromatic heterocycles. The van der Waals surface area contributed by atoms with E-state index in [1.165, 1.54) is 0 Å². The lowest BCUT2D eigenvalue weighted by molar-refractivity contribution is 0.161. The summed E-state index contributed by atoms with van der Waals surface area (Å²) in [5.41, 5.74) is 0. The van der Waals surface area contributed by atoms with E-state index >= 15 is 0 Å². The second-order valence-corrected chi connectivity index (χ2v) is 2.22. The summed E-state index contributed by atoms with van der Waals surface area (Å²) < 4.78 is 0. The summed E-state index contributed by atoms with van der Waals surface area (Å²) in [6.07, 6.45) is 2.18. The molecule has 1 atom stereocenters. The summed E-state index contributed by atoms with van der Waals surface area (Å²) in [6, 6.07) is 0.231. The first-order chi connectivity index (χ1) is 3.84. The Kier molecular flexibility index (Phi) is 1.83. The van der Waals surface area contributed by atoms with Crippen LogP contribution in [-0.2, 0) is 0 Å². The number of aliphatic hydroxyl groups is 1. The average molecular weight is 116 g/mol. The zero-order chi connectivity index (χ0) is 5.98. The quantitative estimate of drug-likeness (QED) is 0.446. The van der Waals surface area contributed by atoms with Crippen molar-refractivity contribution in [3.05, 3.63) is 0 Å². The predicted octanol–water partition coefficient (Wildman–Crippen LogP) is -0.683. The minimum absolute atomic E-state index is 0.205. The maximum Gasteiger partial charge on any atom is 0.0600 e. The maximum atomic E-state index is 8.61. The molecule has 0 saturated carbocycles. The Hall–Kier alpha value is -0.120. The van der Waals surface area contributed by atoms with Crippen molar-refractivity contribution in [1.82, 2.24) is 5.01 Å². The molecule has 0 spiro atoms. The third-order valence-corrected chi connectivity index (χ3v) is 1.63. The highest BCUT2D eigenvalue weighted by Gasteiger charge is 2.19. The van der Waals surface area contributed by atoms with E-state index in [1.54, 1.807) is 5.01 Å². The van der Waals surface area contributed by atoms with Gasteiger partial charge in [0.1, 0.15) is 0 Å². The van der Waals surface area contributed by atoms with Crippen molar-refractivity contribution < 1.29 is 5.11 Å². The van der Waals surface area contributed by atoms with E-state index in [4.69, 9.17) is 10.9 Å². The number of hydrazine groups is 1. The van der Waals surface area contributed by atoms with E-state index in [2.05, 4.69) is 0 Å². The van der Waals surface area contributed by atoms with E-state index in [1.807, 2.05) is 0 Å². The van der Waals surface area contributed by atoms with Crippen LogP contribution in [0.4, 0.5) is 0 Å². The van der Waals surface area contributed by atoms with E-state index in [0.717, 1.165) is 19.4 Å². The molecule has 1 unspecified atom stereocenters. The number of hydrogen-bond acceptors (Lipinski definition) is 3. The predicted molar refractivity (Wildman–Crippen MR) is 31.0 cm³/mol. The molecule has 8 heavy (non-hydrogen) atoms. The zero-order valence-electron chi connectivity index (χ0n) is 4.88. The van der Waals surface area contributed by atoms with Gasteiger partial charge in [0.15, 0.2) is 0 Å². The number of aliphatic hydroxyl groups excluding tert-OH is 1. The lowest BCUT2D eigenvalue weighted by Crippen LogP contribution is -2.37. The highest BCUT2D eigenvalue weighted by Crippen LogP contribution is 2.10. The van der Waals surface area contributed by atoms with Crippen molar-refractivity contribution in [2.24, 2.45) is 5.84 Å². The molecule has 1 saturated heterocycles. The van der Waals surface area contributed by atoms with Gasteiger partial charge in [-0.1, -0.05) is 0 Å². The van der Waals surface area contributed by atoms with E-state index in [9.17, 15) is 0 Å². The van der Waals surface area contributed by atoms with Crippen molar-refractivity contribution >= 4 is 0 Å². The van der Waals surface area contributed by atoms with Crippen LogP contribution in [0.15, 0.2) is 0 Å². The van der Waals surface area contributed by atoms with Crippen molar-refractivity contribution in [2.45, 2.75) is 18.9 Å². The molecule has 0 aromatic carbocycles. The maximum absolute atomic E-state index is 8.61. The van der Waals surface area contributed by atoms with Crippen LogP contribution in [0.2, 0.25) is 0 Å². The topological polar surface area (TPSA) is 49.5 Å². The summed E-state index contributed by atoms with van der Waals surface area (Å²) in [4.78, 5) is 0. The van der Waals surface area contributed by atoms with Crippen molar-refractivity contribution in [2.75, 3.05) is 13.2 Å². The third kappa shape index (κ3) is 0.992.